The molecule has 1 aliphatic heterocycles. The van der Waals surface area contributed by atoms with Crippen LogP contribution in [0.5, 0.6) is 0 Å². The van der Waals surface area contributed by atoms with Gasteiger partial charge in [0.25, 0.3) is 0 Å². The van der Waals surface area contributed by atoms with Gasteiger partial charge in [-0.25, -0.2) is 4.98 Å². The number of rotatable bonds is 3. The van der Waals surface area contributed by atoms with Crippen molar-refractivity contribution in [3.63, 3.8) is 0 Å². The van der Waals surface area contributed by atoms with Crippen molar-refractivity contribution in [3.8, 4) is 6.07 Å². The molecule has 2 aliphatic rings. The number of aryl methyl sites for hydroxylation is 1. The molecule has 1 aromatic carbocycles. The van der Waals surface area contributed by atoms with Gasteiger partial charge in [-0.05, 0) is 50.3 Å². The molecule has 1 atom stereocenters. The lowest BCUT2D eigenvalue weighted by Crippen LogP contribution is -2.29. The normalized spacial score (nSPS) is 19.1. The number of nitriles is 1. The number of nitrogen functional groups attached to an aromatic ring is 1. The number of anilines is 4. The first-order valence-corrected chi connectivity index (χ1v) is 9.10. The molecule has 7 nitrogen and oxygen atoms in total. The smallest absolute Gasteiger partial charge is 0.229 e. The third-order valence-corrected chi connectivity index (χ3v) is 5.03. The molecule has 0 saturated carbocycles. The Bertz CT molecular complexity index is 871. The van der Waals surface area contributed by atoms with E-state index in [1.165, 1.54) is 12.0 Å². The molecule has 1 aliphatic carbocycles. The van der Waals surface area contributed by atoms with E-state index in [-0.39, 0.29) is 6.04 Å². The summed E-state index contributed by atoms with van der Waals surface area (Å²) in [5.41, 5.74) is 16.1. The van der Waals surface area contributed by atoms with Crippen LogP contribution in [0, 0.1) is 11.3 Å². The van der Waals surface area contributed by atoms with Crippen molar-refractivity contribution in [2.45, 2.75) is 38.1 Å². The molecule has 2 aromatic rings. The summed E-state index contributed by atoms with van der Waals surface area (Å²) in [5, 5.41) is 12.4. The molecule has 4 rings (SSSR count). The molecule has 1 aromatic heterocycles. The fourth-order valence-electron chi connectivity index (χ4n) is 3.79. The minimum absolute atomic E-state index is 0.202. The van der Waals surface area contributed by atoms with Gasteiger partial charge in [-0.1, -0.05) is 0 Å². The van der Waals surface area contributed by atoms with Gasteiger partial charge in [-0.2, -0.15) is 10.2 Å². The third-order valence-electron chi connectivity index (χ3n) is 5.03. The van der Waals surface area contributed by atoms with Gasteiger partial charge in [0, 0.05) is 36.1 Å². The van der Waals surface area contributed by atoms with E-state index < -0.39 is 0 Å². The average molecular weight is 349 g/mol. The highest BCUT2D eigenvalue weighted by Crippen LogP contribution is 2.31. The van der Waals surface area contributed by atoms with Gasteiger partial charge in [0.1, 0.15) is 5.82 Å². The summed E-state index contributed by atoms with van der Waals surface area (Å²) in [4.78, 5) is 11.8. The van der Waals surface area contributed by atoms with Gasteiger partial charge in [-0.15, -0.1) is 0 Å². The molecule has 134 valence electrons. The maximum Gasteiger partial charge on any atom is 0.229 e. The quantitative estimate of drug-likeness (QED) is 0.726. The van der Waals surface area contributed by atoms with Crippen molar-refractivity contribution in [3.05, 3.63) is 35.0 Å². The maximum atomic E-state index is 9.14. The monoisotopic (exact) mass is 349 g/mol. The molecule has 26 heavy (non-hydrogen) atoms. The Labute approximate surface area is 153 Å². The first kappa shape index (κ1) is 16.6. The van der Waals surface area contributed by atoms with Crippen molar-refractivity contribution < 1.29 is 0 Å². The van der Waals surface area contributed by atoms with E-state index in [1.807, 2.05) is 0 Å². The highest BCUT2D eigenvalue weighted by Gasteiger charge is 2.26. The topological polar surface area (TPSA) is 117 Å². The number of aromatic nitrogens is 2. The predicted molar refractivity (Wildman–Crippen MR) is 102 cm³/mol. The van der Waals surface area contributed by atoms with Gasteiger partial charge in [0.15, 0.2) is 0 Å². The molecule has 1 saturated heterocycles. The van der Waals surface area contributed by atoms with Crippen LogP contribution in [0.1, 0.15) is 36.1 Å². The summed E-state index contributed by atoms with van der Waals surface area (Å²) >= 11 is 0. The van der Waals surface area contributed by atoms with Gasteiger partial charge in [0.05, 0.1) is 17.3 Å². The Morgan fingerprint density at radius 3 is 2.81 bits per heavy atom. The van der Waals surface area contributed by atoms with E-state index in [1.54, 1.807) is 18.2 Å². The Morgan fingerprint density at radius 1 is 1.19 bits per heavy atom. The van der Waals surface area contributed by atoms with Gasteiger partial charge < -0.3 is 21.7 Å². The second-order valence-corrected chi connectivity index (χ2v) is 7.08. The molecule has 5 N–H and O–H groups in total. The van der Waals surface area contributed by atoms with Crippen LogP contribution >= 0.6 is 0 Å². The fourth-order valence-corrected chi connectivity index (χ4v) is 3.79. The molecule has 7 heteroatoms. The minimum atomic E-state index is 0.202. The third kappa shape index (κ3) is 3.28. The largest absolute Gasteiger partial charge is 0.399 e. The molecule has 1 fully saturated rings. The highest BCUT2D eigenvalue weighted by molar-refractivity contribution is 5.65. The second-order valence-electron chi connectivity index (χ2n) is 7.08. The molecular formula is C19H23N7. The van der Waals surface area contributed by atoms with Crippen LogP contribution in [0.25, 0.3) is 0 Å². The second kappa shape index (κ2) is 6.81. The van der Waals surface area contributed by atoms with Crippen LogP contribution < -0.4 is 21.7 Å². The lowest BCUT2D eigenvalue weighted by Gasteiger charge is -2.25. The molecule has 0 bridgehead atoms. The van der Waals surface area contributed by atoms with Crippen LogP contribution in [0.2, 0.25) is 0 Å². The summed E-state index contributed by atoms with van der Waals surface area (Å²) in [5.74, 6) is 1.56. The predicted octanol–water partition coefficient (Wildman–Crippen LogP) is 2.09. The van der Waals surface area contributed by atoms with E-state index in [0.717, 1.165) is 56.0 Å². The van der Waals surface area contributed by atoms with Crippen molar-refractivity contribution in [1.29, 1.82) is 5.26 Å². The van der Waals surface area contributed by atoms with Crippen LogP contribution in [0.4, 0.5) is 23.1 Å². The number of nitrogens with zero attached hydrogens (tertiary/aromatic N) is 4. The number of hydrogen-bond donors (Lipinski definition) is 3. The summed E-state index contributed by atoms with van der Waals surface area (Å²) in [6, 6.07) is 7.51. The maximum absolute atomic E-state index is 9.14. The standard InChI is InChI=1S/C19H23N7/c20-10-12-7-14(22)9-15(8-12)23-19-24-17-4-2-1-3-16(17)18(25-19)26-6-5-13(21)11-26/h7-9,13H,1-6,11,21-22H2,(H,23,24,25)/t13-/m0/s1. The van der Waals surface area contributed by atoms with Crippen LogP contribution in [-0.2, 0) is 12.8 Å². The lowest BCUT2D eigenvalue weighted by atomic mass is 9.96. The molecular weight excluding hydrogens is 326 g/mol. The summed E-state index contributed by atoms with van der Waals surface area (Å²) in [6.45, 7) is 1.76. The van der Waals surface area contributed by atoms with E-state index >= 15 is 0 Å². The van der Waals surface area contributed by atoms with Gasteiger partial charge in [-0.3, -0.25) is 0 Å². The molecule has 0 radical (unpaired) electrons. The van der Waals surface area contributed by atoms with E-state index in [4.69, 9.17) is 26.7 Å². The average Bonchev–Trinajstić information content (AvgIpc) is 3.06. The molecule has 2 heterocycles. The number of hydrogen-bond acceptors (Lipinski definition) is 7. The molecule has 0 amide bonds. The van der Waals surface area contributed by atoms with Crippen molar-refractivity contribution in [2.75, 3.05) is 29.0 Å². The summed E-state index contributed by atoms with van der Waals surface area (Å²) < 4.78 is 0. The van der Waals surface area contributed by atoms with Gasteiger partial charge >= 0.3 is 0 Å². The van der Waals surface area contributed by atoms with E-state index in [9.17, 15) is 0 Å². The van der Waals surface area contributed by atoms with Crippen molar-refractivity contribution >= 4 is 23.1 Å². The number of fused-ring (bicyclic) bond motifs is 1. The van der Waals surface area contributed by atoms with E-state index in [0.29, 0.717) is 17.2 Å². The Balaban J connectivity index is 1.70. The highest BCUT2D eigenvalue weighted by atomic mass is 15.3. The van der Waals surface area contributed by atoms with Crippen molar-refractivity contribution in [1.82, 2.24) is 9.97 Å². The van der Waals surface area contributed by atoms with Gasteiger partial charge in [0.2, 0.25) is 5.95 Å². The Hall–Kier alpha value is -2.85. The minimum Gasteiger partial charge on any atom is -0.399 e. The fraction of sp³-hybridized carbons (Fsp3) is 0.421. The van der Waals surface area contributed by atoms with Crippen molar-refractivity contribution in [2.24, 2.45) is 5.73 Å². The summed E-state index contributed by atoms with van der Waals surface area (Å²) in [6.07, 6.45) is 5.31. The molecule has 0 spiro atoms. The molecule has 0 unspecified atom stereocenters. The zero-order valence-corrected chi connectivity index (χ0v) is 14.7. The Morgan fingerprint density at radius 2 is 2.04 bits per heavy atom. The number of benzene rings is 1. The van der Waals surface area contributed by atoms with Crippen LogP contribution in [0.15, 0.2) is 18.2 Å². The zero-order valence-electron chi connectivity index (χ0n) is 14.7. The lowest BCUT2D eigenvalue weighted by molar-refractivity contribution is 0.659. The Kier molecular flexibility index (Phi) is 4.35. The first-order chi connectivity index (χ1) is 12.6. The SMILES string of the molecule is N#Cc1cc(N)cc(Nc2nc3c(c(N4CC[C@H](N)C4)n2)CCCC3)c1. The van der Waals surface area contributed by atoms with E-state index in [2.05, 4.69) is 16.3 Å². The summed E-state index contributed by atoms with van der Waals surface area (Å²) in [7, 11) is 0. The zero-order chi connectivity index (χ0) is 18.1. The van der Waals surface area contributed by atoms with Crippen LogP contribution in [0.3, 0.4) is 0 Å². The van der Waals surface area contributed by atoms with Crippen LogP contribution in [-0.4, -0.2) is 29.1 Å². The first-order valence-electron chi connectivity index (χ1n) is 9.10. The number of nitrogens with one attached hydrogen (secondary N) is 1. The number of nitrogens with two attached hydrogens (primary N) is 2.